The van der Waals surface area contributed by atoms with Crippen LogP contribution in [0.25, 0.3) is 0 Å². The number of anilines is 2. The van der Waals surface area contributed by atoms with E-state index in [2.05, 4.69) is 0 Å². The van der Waals surface area contributed by atoms with E-state index in [0.717, 1.165) is 6.07 Å². The molecule has 158 valence electrons. The van der Waals surface area contributed by atoms with E-state index in [1.807, 2.05) is 6.07 Å². The standard InChI is InChI=1S/C23H18FNO5S/c24-16-6-4-9-18(14-16)31(27,28)19-10-11-21-20(15-19)23(29-12-5-13-30-23)22(26)25(21)17-7-2-1-3-8-17/h1-4,6-11,14-15H,5,12-13H2. The summed E-state index contributed by atoms with van der Waals surface area (Å²) in [6.07, 6.45) is 0.622. The van der Waals surface area contributed by atoms with E-state index in [1.165, 1.54) is 35.2 Å². The van der Waals surface area contributed by atoms with Crippen molar-refractivity contribution in [3.05, 3.63) is 84.2 Å². The lowest BCUT2D eigenvalue weighted by atomic mass is 10.1. The topological polar surface area (TPSA) is 72.9 Å². The first-order valence-electron chi connectivity index (χ1n) is 9.76. The summed E-state index contributed by atoms with van der Waals surface area (Å²) in [4.78, 5) is 14.7. The fourth-order valence-corrected chi connectivity index (χ4v) is 5.25. The summed E-state index contributed by atoms with van der Waals surface area (Å²) in [7, 11) is -4.02. The number of ether oxygens (including phenoxy) is 2. The number of hydrogen-bond acceptors (Lipinski definition) is 5. The molecule has 0 saturated carbocycles. The van der Waals surface area contributed by atoms with Crippen LogP contribution in [0.15, 0.2) is 82.6 Å². The summed E-state index contributed by atoms with van der Waals surface area (Å²) < 4.78 is 51.6. The molecule has 0 aliphatic carbocycles. The maximum atomic E-state index is 13.7. The monoisotopic (exact) mass is 439 g/mol. The molecule has 0 N–H and O–H groups in total. The Morgan fingerprint density at radius 1 is 0.871 bits per heavy atom. The molecule has 1 fully saturated rings. The number of para-hydroxylation sites is 1. The van der Waals surface area contributed by atoms with Gasteiger partial charge in [-0.2, -0.15) is 0 Å². The summed E-state index contributed by atoms with van der Waals surface area (Å²) in [6.45, 7) is 0.601. The van der Waals surface area contributed by atoms with Gasteiger partial charge in [0, 0.05) is 11.3 Å². The minimum absolute atomic E-state index is 0.0725. The smallest absolute Gasteiger partial charge is 0.297 e. The third-order valence-electron chi connectivity index (χ3n) is 5.38. The molecule has 2 heterocycles. The highest BCUT2D eigenvalue weighted by atomic mass is 32.2. The Morgan fingerprint density at radius 3 is 2.29 bits per heavy atom. The van der Waals surface area contributed by atoms with E-state index >= 15 is 0 Å². The molecule has 0 bridgehead atoms. The van der Waals surface area contributed by atoms with E-state index in [1.54, 1.807) is 30.3 Å². The third kappa shape index (κ3) is 3.06. The minimum atomic E-state index is -4.02. The number of nitrogens with zero attached hydrogens (tertiary/aromatic N) is 1. The number of hydrogen-bond donors (Lipinski definition) is 0. The molecule has 0 radical (unpaired) electrons. The average molecular weight is 439 g/mol. The van der Waals surface area contributed by atoms with Crippen LogP contribution in [0.4, 0.5) is 15.8 Å². The van der Waals surface area contributed by atoms with Crippen LogP contribution in [0.5, 0.6) is 0 Å². The number of amides is 1. The van der Waals surface area contributed by atoms with Crippen LogP contribution in [0.1, 0.15) is 12.0 Å². The highest BCUT2D eigenvalue weighted by Crippen LogP contribution is 2.49. The van der Waals surface area contributed by atoms with Gasteiger partial charge in [0.15, 0.2) is 0 Å². The largest absolute Gasteiger partial charge is 0.338 e. The molecule has 1 amide bonds. The van der Waals surface area contributed by atoms with Crippen molar-refractivity contribution >= 4 is 27.1 Å². The molecule has 2 aliphatic rings. The third-order valence-corrected chi connectivity index (χ3v) is 7.13. The molecule has 8 heteroatoms. The molecule has 3 aromatic rings. The minimum Gasteiger partial charge on any atom is -0.338 e. The molecular weight excluding hydrogens is 421 g/mol. The van der Waals surface area contributed by atoms with Gasteiger partial charge in [0.2, 0.25) is 9.84 Å². The molecule has 1 saturated heterocycles. The summed E-state index contributed by atoms with van der Waals surface area (Å²) in [5.41, 5.74) is 1.42. The lowest BCUT2D eigenvalue weighted by molar-refractivity contribution is -0.256. The average Bonchev–Trinajstić information content (AvgIpc) is 3.02. The Kier molecular flexibility index (Phi) is 4.65. The van der Waals surface area contributed by atoms with E-state index < -0.39 is 27.3 Å². The van der Waals surface area contributed by atoms with Gasteiger partial charge in [0.05, 0.1) is 28.7 Å². The van der Waals surface area contributed by atoms with Crippen molar-refractivity contribution in [2.75, 3.05) is 18.1 Å². The van der Waals surface area contributed by atoms with Crippen molar-refractivity contribution in [3.63, 3.8) is 0 Å². The van der Waals surface area contributed by atoms with Crippen LogP contribution >= 0.6 is 0 Å². The second kappa shape index (κ2) is 7.26. The summed E-state index contributed by atoms with van der Waals surface area (Å²) in [6, 6.07) is 18.2. The van der Waals surface area contributed by atoms with Gasteiger partial charge in [-0.15, -0.1) is 0 Å². The lowest BCUT2D eigenvalue weighted by Crippen LogP contribution is -2.46. The summed E-state index contributed by atoms with van der Waals surface area (Å²) in [5.74, 6) is -2.80. The Labute approximate surface area is 178 Å². The van der Waals surface area contributed by atoms with Gasteiger partial charge in [-0.25, -0.2) is 12.8 Å². The highest BCUT2D eigenvalue weighted by molar-refractivity contribution is 7.91. The number of fused-ring (bicyclic) bond motifs is 2. The van der Waals surface area contributed by atoms with Crippen molar-refractivity contribution in [3.8, 4) is 0 Å². The summed E-state index contributed by atoms with van der Waals surface area (Å²) >= 11 is 0. The first-order valence-corrected chi connectivity index (χ1v) is 11.2. The maximum Gasteiger partial charge on any atom is 0.297 e. The van der Waals surface area contributed by atoms with Crippen LogP contribution in [0.3, 0.4) is 0 Å². The number of halogens is 1. The maximum absolute atomic E-state index is 13.7. The Bertz CT molecular complexity index is 1270. The molecule has 6 nitrogen and oxygen atoms in total. The molecular formula is C23H18FNO5S. The molecule has 5 rings (SSSR count). The lowest BCUT2D eigenvalue weighted by Gasteiger charge is -2.32. The van der Waals surface area contributed by atoms with Crippen LogP contribution in [0.2, 0.25) is 0 Å². The molecule has 0 atom stereocenters. The number of carbonyl (C=O) groups is 1. The van der Waals surface area contributed by atoms with Gasteiger partial charge >= 0.3 is 0 Å². The van der Waals surface area contributed by atoms with Crippen molar-refractivity contribution in [2.45, 2.75) is 22.0 Å². The van der Waals surface area contributed by atoms with Crippen molar-refractivity contribution in [1.82, 2.24) is 0 Å². The Morgan fingerprint density at radius 2 is 1.58 bits per heavy atom. The normalized spacial score (nSPS) is 17.7. The molecule has 3 aromatic carbocycles. The second-order valence-corrected chi connectivity index (χ2v) is 9.23. The van der Waals surface area contributed by atoms with Crippen molar-refractivity contribution in [1.29, 1.82) is 0 Å². The zero-order valence-electron chi connectivity index (χ0n) is 16.3. The van der Waals surface area contributed by atoms with Gasteiger partial charge in [-0.1, -0.05) is 24.3 Å². The molecule has 1 spiro atoms. The SMILES string of the molecule is O=C1N(c2ccccc2)c2ccc(S(=O)(=O)c3cccc(F)c3)cc2C12OCCCO2. The number of benzene rings is 3. The predicted molar refractivity (Wildman–Crippen MR) is 110 cm³/mol. The van der Waals surface area contributed by atoms with Gasteiger partial charge < -0.3 is 9.47 Å². The van der Waals surface area contributed by atoms with Gasteiger partial charge in [0.1, 0.15) is 5.82 Å². The predicted octanol–water partition coefficient (Wildman–Crippen LogP) is 3.93. The van der Waals surface area contributed by atoms with Crippen LogP contribution in [0, 0.1) is 5.82 Å². The Hall–Kier alpha value is -3.07. The van der Waals surface area contributed by atoms with Crippen LogP contribution in [-0.4, -0.2) is 27.5 Å². The quantitative estimate of drug-likeness (QED) is 0.618. The molecule has 2 aliphatic heterocycles. The molecule has 0 unspecified atom stereocenters. The van der Waals surface area contributed by atoms with Gasteiger partial charge in [-0.05, 0) is 55.0 Å². The first-order chi connectivity index (χ1) is 14.9. The number of sulfone groups is 1. The summed E-state index contributed by atoms with van der Waals surface area (Å²) in [5, 5.41) is 0. The first kappa shape index (κ1) is 19.9. The zero-order valence-corrected chi connectivity index (χ0v) is 17.1. The van der Waals surface area contributed by atoms with Gasteiger partial charge in [0.25, 0.3) is 11.7 Å². The fraction of sp³-hybridized carbons (Fsp3) is 0.174. The zero-order chi connectivity index (χ0) is 21.6. The molecule has 0 aromatic heterocycles. The fourth-order valence-electron chi connectivity index (χ4n) is 3.93. The Balaban J connectivity index is 1.69. The number of rotatable bonds is 3. The second-order valence-electron chi connectivity index (χ2n) is 7.28. The van der Waals surface area contributed by atoms with Crippen LogP contribution < -0.4 is 4.90 Å². The van der Waals surface area contributed by atoms with Crippen molar-refractivity contribution in [2.24, 2.45) is 0 Å². The van der Waals surface area contributed by atoms with E-state index in [0.29, 0.717) is 36.6 Å². The highest BCUT2D eigenvalue weighted by Gasteiger charge is 2.55. The molecule has 31 heavy (non-hydrogen) atoms. The van der Waals surface area contributed by atoms with E-state index in [4.69, 9.17) is 9.47 Å². The van der Waals surface area contributed by atoms with Gasteiger partial charge in [-0.3, -0.25) is 9.69 Å². The van der Waals surface area contributed by atoms with Crippen molar-refractivity contribution < 1.29 is 27.1 Å². The van der Waals surface area contributed by atoms with E-state index in [9.17, 15) is 17.6 Å². The number of carbonyl (C=O) groups excluding carboxylic acids is 1. The van der Waals surface area contributed by atoms with Crippen LogP contribution in [-0.2, 0) is 29.9 Å². The van der Waals surface area contributed by atoms with E-state index in [-0.39, 0.29) is 9.79 Å².